The molecule has 1 saturated heterocycles. The molecule has 13 nitrogen and oxygen atoms in total. The predicted molar refractivity (Wildman–Crippen MR) is 112 cm³/mol. The Balaban J connectivity index is 0.00000132. The maximum Gasteiger partial charge on any atom is 0.247 e. The molecule has 1 unspecified atom stereocenters. The lowest BCUT2D eigenvalue weighted by atomic mass is 10.1. The molecule has 0 amide bonds. The number of Topliss-reactive ketones (excluding diaryl/α,β-unsaturated/α-hetero) is 1. The fourth-order valence-corrected chi connectivity index (χ4v) is 3.24. The van der Waals surface area contributed by atoms with E-state index in [4.69, 9.17) is 20.6 Å². The van der Waals surface area contributed by atoms with E-state index in [0.717, 1.165) is 12.8 Å². The Bertz CT molecular complexity index is 993. The predicted octanol–water partition coefficient (Wildman–Crippen LogP) is -0.0271. The average Bonchev–Trinajstić information content (AvgIpc) is 3.32. The molecule has 4 rings (SSSR count). The van der Waals surface area contributed by atoms with E-state index in [1.807, 2.05) is 6.08 Å². The van der Waals surface area contributed by atoms with Crippen molar-refractivity contribution in [1.29, 1.82) is 5.41 Å². The minimum Gasteiger partial charge on any atom is -0.493 e. The molecule has 0 aromatic carbocycles. The van der Waals surface area contributed by atoms with Crippen molar-refractivity contribution in [3.05, 3.63) is 18.7 Å². The number of fused-ring (bicyclic) bond motifs is 1. The summed E-state index contributed by atoms with van der Waals surface area (Å²) >= 11 is 0. The molecule has 13 heteroatoms. The summed E-state index contributed by atoms with van der Waals surface area (Å²) < 4.78 is 12.3. The molecule has 2 aliphatic rings. The van der Waals surface area contributed by atoms with E-state index in [2.05, 4.69) is 32.2 Å². The number of aromatic nitrogens is 4. The first-order chi connectivity index (χ1) is 15.0. The van der Waals surface area contributed by atoms with Gasteiger partial charge in [0.2, 0.25) is 5.95 Å². The highest BCUT2D eigenvalue weighted by atomic mass is 16.6. The van der Waals surface area contributed by atoms with E-state index >= 15 is 0 Å². The first-order valence-corrected chi connectivity index (χ1v) is 9.43. The number of rotatable bonds is 5. The third-order valence-corrected chi connectivity index (χ3v) is 4.73. The fraction of sp³-hybridized carbons (Fsp3) is 0.444. The van der Waals surface area contributed by atoms with Gasteiger partial charge >= 0.3 is 0 Å². The second-order valence-electron chi connectivity index (χ2n) is 6.81. The number of hydrogen-bond acceptors (Lipinski definition) is 12. The highest BCUT2D eigenvalue weighted by Crippen LogP contribution is 2.32. The molecule has 0 saturated carbocycles. The van der Waals surface area contributed by atoms with Crippen molar-refractivity contribution in [2.24, 2.45) is 5.10 Å². The molecule has 2 aromatic heterocycles. The number of allylic oxidation sites excluding steroid dienone is 1. The lowest BCUT2D eigenvalue weighted by Gasteiger charge is -2.16. The lowest BCUT2D eigenvalue weighted by Crippen LogP contribution is -2.34. The Morgan fingerprint density at radius 3 is 2.84 bits per heavy atom. The van der Waals surface area contributed by atoms with Crippen LogP contribution in [-0.4, -0.2) is 72.9 Å². The molecule has 0 radical (unpaired) electrons. The minimum absolute atomic E-state index is 0.0967. The standard InChI is InChI=1S/C17H21N7O5.CH3N/c1-8(25)13-11(26)12(27)16(29-13)24-7-19-10-14(18)21-17(22-15(10)24)23-20-6-9-4-2-3-5-28-9;1-2/h3,5-7,9,11-13,16,26-27H,2,4H2,1H3,(H3,18,21,22,23);2H,1H2/b20-6+;/t9?,11-,12+,13+,16+;/m0./s1. The summed E-state index contributed by atoms with van der Waals surface area (Å²) in [6.45, 7) is 3.78. The van der Waals surface area contributed by atoms with Crippen LogP contribution in [0.15, 0.2) is 23.8 Å². The van der Waals surface area contributed by atoms with Crippen LogP contribution in [0.3, 0.4) is 0 Å². The number of carbonyl (C=O) groups is 1. The maximum absolute atomic E-state index is 11.6. The van der Waals surface area contributed by atoms with E-state index in [1.54, 1.807) is 12.5 Å². The highest BCUT2D eigenvalue weighted by molar-refractivity contribution is 5.83. The van der Waals surface area contributed by atoms with Crippen molar-refractivity contribution in [2.75, 3.05) is 11.2 Å². The van der Waals surface area contributed by atoms with Gasteiger partial charge < -0.3 is 30.8 Å². The first-order valence-electron chi connectivity index (χ1n) is 9.43. The number of hydrazone groups is 1. The number of aliphatic hydroxyl groups is 2. The molecule has 2 aromatic rings. The molecule has 166 valence electrons. The van der Waals surface area contributed by atoms with Gasteiger partial charge in [0, 0.05) is 0 Å². The fourth-order valence-electron chi connectivity index (χ4n) is 3.24. The molecule has 5 atom stereocenters. The van der Waals surface area contributed by atoms with Gasteiger partial charge in [-0.25, -0.2) is 10.4 Å². The molecule has 0 spiro atoms. The van der Waals surface area contributed by atoms with Gasteiger partial charge in [-0.15, -0.1) is 0 Å². The van der Waals surface area contributed by atoms with Crippen molar-refractivity contribution in [2.45, 2.75) is 50.4 Å². The van der Waals surface area contributed by atoms with Gasteiger partial charge in [-0.2, -0.15) is 15.1 Å². The number of anilines is 2. The van der Waals surface area contributed by atoms with Crippen molar-refractivity contribution in [3.63, 3.8) is 0 Å². The summed E-state index contributed by atoms with van der Waals surface area (Å²) in [5, 5.41) is 30.0. The van der Waals surface area contributed by atoms with Crippen LogP contribution in [0.2, 0.25) is 0 Å². The molecule has 31 heavy (non-hydrogen) atoms. The third kappa shape index (κ3) is 4.52. The third-order valence-electron chi connectivity index (χ3n) is 4.73. The van der Waals surface area contributed by atoms with E-state index in [-0.39, 0.29) is 29.0 Å². The number of aliphatic hydroxyl groups excluding tert-OH is 2. The smallest absolute Gasteiger partial charge is 0.247 e. The normalized spacial score (nSPS) is 27.6. The largest absolute Gasteiger partial charge is 0.493 e. The Morgan fingerprint density at radius 1 is 1.42 bits per heavy atom. The van der Waals surface area contributed by atoms with Crippen LogP contribution in [0.4, 0.5) is 11.8 Å². The van der Waals surface area contributed by atoms with Gasteiger partial charge in [0.1, 0.15) is 29.9 Å². The summed E-state index contributed by atoms with van der Waals surface area (Å²) in [6.07, 6.45) is 3.19. The molecule has 0 aliphatic carbocycles. The Morgan fingerprint density at radius 2 is 2.19 bits per heavy atom. The summed E-state index contributed by atoms with van der Waals surface area (Å²) in [5.41, 5.74) is 9.20. The molecular weight excluding hydrogens is 408 g/mol. The number of nitrogen functional groups attached to an aromatic ring is 1. The number of nitrogens with one attached hydrogen (secondary N) is 2. The number of ether oxygens (including phenoxy) is 2. The van der Waals surface area contributed by atoms with Crippen LogP contribution in [0.1, 0.15) is 26.0 Å². The summed E-state index contributed by atoms with van der Waals surface area (Å²) in [4.78, 5) is 24.2. The van der Waals surface area contributed by atoms with Crippen LogP contribution >= 0.6 is 0 Å². The van der Waals surface area contributed by atoms with Gasteiger partial charge in [0.15, 0.2) is 23.5 Å². The van der Waals surface area contributed by atoms with Crippen molar-refractivity contribution >= 4 is 41.6 Å². The topological polar surface area (TPSA) is 194 Å². The van der Waals surface area contributed by atoms with Crippen molar-refractivity contribution in [1.82, 2.24) is 19.5 Å². The molecule has 6 N–H and O–H groups in total. The van der Waals surface area contributed by atoms with Crippen LogP contribution in [0.5, 0.6) is 0 Å². The molecule has 0 bridgehead atoms. The zero-order chi connectivity index (χ0) is 22.5. The van der Waals surface area contributed by atoms with Crippen molar-refractivity contribution < 1.29 is 24.5 Å². The average molecular weight is 432 g/mol. The summed E-state index contributed by atoms with van der Waals surface area (Å²) in [7, 11) is 0. The van der Waals surface area contributed by atoms with Crippen LogP contribution < -0.4 is 11.2 Å². The molecule has 2 aliphatic heterocycles. The Hall–Kier alpha value is -3.42. The monoisotopic (exact) mass is 432 g/mol. The number of carbonyl (C=O) groups excluding carboxylic acids is 1. The Labute approximate surface area is 177 Å². The SMILES string of the molecule is C=N.CC(=O)[C@H]1O[C@@H](n2cnc3c(N)nc(N/N=C/C4CCC=CO4)nc32)[C@H](O)[C@@H]1O. The van der Waals surface area contributed by atoms with E-state index in [9.17, 15) is 15.0 Å². The van der Waals surface area contributed by atoms with Crippen molar-refractivity contribution in [3.8, 4) is 0 Å². The second kappa shape index (κ2) is 9.59. The minimum atomic E-state index is -1.36. The summed E-state index contributed by atoms with van der Waals surface area (Å²) in [6, 6.07) is 0. The van der Waals surface area contributed by atoms with Crippen LogP contribution in [0.25, 0.3) is 11.2 Å². The maximum atomic E-state index is 11.6. The molecule has 1 fully saturated rings. The lowest BCUT2D eigenvalue weighted by molar-refractivity contribution is -0.133. The number of nitrogens with two attached hydrogens (primary N) is 1. The van der Waals surface area contributed by atoms with E-state index < -0.39 is 30.3 Å². The molecule has 4 heterocycles. The van der Waals surface area contributed by atoms with Crippen LogP contribution in [-0.2, 0) is 14.3 Å². The summed E-state index contributed by atoms with van der Waals surface area (Å²) in [5.74, 6) is -0.191. The number of hydrogen-bond donors (Lipinski definition) is 5. The second-order valence-corrected chi connectivity index (χ2v) is 6.81. The number of ketones is 1. The number of imidazole rings is 1. The van der Waals surface area contributed by atoms with E-state index in [1.165, 1.54) is 17.8 Å². The van der Waals surface area contributed by atoms with Gasteiger partial charge in [0.25, 0.3) is 0 Å². The van der Waals surface area contributed by atoms with Gasteiger partial charge in [-0.1, -0.05) is 0 Å². The number of nitrogens with zero attached hydrogens (tertiary/aromatic N) is 5. The van der Waals surface area contributed by atoms with E-state index in [0.29, 0.717) is 0 Å². The van der Waals surface area contributed by atoms with Gasteiger partial charge in [-0.05, 0) is 32.6 Å². The van der Waals surface area contributed by atoms with Crippen LogP contribution in [0, 0.1) is 5.41 Å². The zero-order valence-electron chi connectivity index (χ0n) is 16.8. The van der Waals surface area contributed by atoms with Gasteiger partial charge in [-0.3, -0.25) is 9.36 Å². The highest BCUT2D eigenvalue weighted by Gasteiger charge is 2.46. The quantitative estimate of drug-likeness (QED) is 0.316. The Kier molecular flexibility index (Phi) is 6.89. The first kappa shape index (κ1) is 22.3. The molecular formula is C18H24N8O5. The zero-order valence-corrected chi connectivity index (χ0v) is 16.8. The van der Waals surface area contributed by atoms with Gasteiger partial charge in [0.05, 0.1) is 18.8 Å².